The Kier molecular flexibility index (Phi) is 6.73. The number of aryl methyl sites for hydroxylation is 1. The van der Waals surface area contributed by atoms with E-state index in [4.69, 9.17) is 4.74 Å². The van der Waals surface area contributed by atoms with E-state index in [-0.39, 0.29) is 18.5 Å². The van der Waals surface area contributed by atoms with Crippen LogP contribution in [0.5, 0.6) is 0 Å². The summed E-state index contributed by atoms with van der Waals surface area (Å²) < 4.78 is 4.73. The lowest BCUT2D eigenvalue weighted by Gasteiger charge is -2.24. The molecule has 0 unspecified atom stereocenters. The van der Waals surface area contributed by atoms with Gasteiger partial charge in [-0.15, -0.1) is 0 Å². The number of carbonyl (C=O) groups excluding carboxylic acids is 1. The molecule has 0 heterocycles. The number of ether oxygens (including phenoxy) is 1. The topological polar surface area (TPSA) is 46.5 Å². The van der Waals surface area contributed by atoms with Crippen molar-refractivity contribution < 1.29 is 14.6 Å². The molecule has 0 aliphatic carbocycles. The quantitative estimate of drug-likeness (QED) is 0.777. The molecule has 0 amide bonds. The molecule has 0 spiro atoms. The van der Waals surface area contributed by atoms with E-state index >= 15 is 0 Å². The Balaban J connectivity index is 3.03. The van der Waals surface area contributed by atoms with Crippen molar-refractivity contribution in [2.24, 2.45) is 5.92 Å². The van der Waals surface area contributed by atoms with Crippen LogP contribution in [0, 0.1) is 5.92 Å². The molecule has 0 saturated carbocycles. The fourth-order valence-corrected chi connectivity index (χ4v) is 2.58. The van der Waals surface area contributed by atoms with E-state index < -0.39 is 0 Å². The molecule has 0 fully saturated rings. The van der Waals surface area contributed by atoms with E-state index in [1.165, 1.54) is 18.2 Å². The Bertz CT molecular complexity index is 438. The van der Waals surface area contributed by atoms with Crippen LogP contribution in [0.3, 0.4) is 0 Å². The average molecular weight is 278 g/mol. The van der Waals surface area contributed by atoms with E-state index in [0.29, 0.717) is 12.3 Å². The van der Waals surface area contributed by atoms with E-state index in [9.17, 15) is 9.90 Å². The summed E-state index contributed by atoms with van der Waals surface area (Å²) in [4.78, 5) is 11.4. The number of hydrogen-bond donors (Lipinski definition) is 1. The number of carbonyl (C=O) groups is 1. The van der Waals surface area contributed by atoms with Gasteiger partial charge < -0.3 is 9.84 Å². The maximum atomic E-state index is 11.4. The highest BCUT2D eigenvalue weighted by molar-refractivity contribution is 5.69. The Morgan fingerprint density at radius 2 is 2.05 bits per heavy atom. The zero-order chi connectivity index (χ0) is 15.1. The van der Waals surface area contributed by atoms with Crippen molar-refractivity contribution in [3.8, 4) is 0 Å². The minimum atomic E-state index is -0.173. The first-order valence-corrected chi connectivity index (χ1v) is 7.32. The van der Waals surface area contributed by atoms with Crippen molar-refractivity contribution in [2.75, 3.05) is 7.11 Å². The van der Waals surface area contributed by atoms with Crippen LogP contribution >= 0.6 is 0 Å². The average Bonchev–Trinajstić information content (AvgIpc) is 2.46. The number of benzene rings is 1. The normalized spacial score (nSPS) is 12.5. The molecule has 1 rings (SSSR count). The Morgan fingerprint density at radius 3 is 2.55 bits per heavy atom. The van der Waals surface area contributed by atoms with Crippen LogP contribution in [-0.2, 0) is 22.6 Å². The molecule has 1 N–H and O–H groups in total. The molecule has 0 aromatic heterocycles. The fraction of sp³-hybridized carbons (Fsp3) is 0.588. The molecule has 0 bridgehead atoms. The molecule has 0 aliphatic rings. The van der Waals surface area contributed by atoms with Crippen LogP contribution in [0.4, 0.5) is 0 Å². The third kappa shape index (κ3) is 4.34. The number of rotatable bonds is 7. The van der Waals surface area contributed by atoms with Crippen LogP contribution in [0.25, 0.3) is 0 Å². The van der Waals surface area contributed by atoms with Gasteiger partial charge in [0.05, 0.1) is 13.7 Å². The molecule has 112 valence electrons. The predicted molar refractivity (Wildman–Crippen MR) is 80.6 cm³/mol. The number of hydrogen-bond acceptors (Lipinski definition) is 3. The lowest BCUT2D eigenvalue weighted by atomic mass is 9.81. The smallest absolute Gasteiger partial charge is 0.305 e. The van der Waals surface area contributed by atoms with Gasteiger partial charge in [0.2, 0.25) is 0 Å². The van der Waals surface area contributed by atoms with Crippen LogP contribution in [-0.4, -0.2) is 18.2 Å². The van der Waals surface area contributed by atoms with Gasteiger partial charge in [0.15, 0.2) is 0 Å². The molecule has 0 radical (unpaired) electrons. The van der Waals surface area contributed by atoms with E-state index in [0.717, 1.165) is 18.4 Å². The molecule has 1 aromatic carbocycles. The molecule has 0 saturated heterocycles. The van der Waals surface area contributed by atoms with Crippen molar-refractivity contribution in [1.82, 2.24) is 0 Å². The second-order valence-electron chi connectivity index (χ2n) is 5.51. The molecule has 3 heteroatoms. The van der Waals surface area contributed by atoms with Crippen LogP contribution in [0.15, 0.2) is 18.2 Å². The first kappa shape index (κ1) is 16.7. The number of esters is 1. The van der Waals surface area contributed by atoms with Crippen LogP contribution in [0.1, 0.15) is 56.2 Å². The van der Waals surface area contributed by atoms with E-state index in [2.05, 4.69) is 32.9 Å². The number of methoxy groups -OCH3 is 1. The minimum Gasteiger partial charge on any atom is -0.469 e. The second-order valence-corrected chi connectivity index (χ2v) is 5.51. The van der Waals surface area contributed by atoms with Gasteiger partial charge in [-0.2, -0.15) is 0 Å². The molecular formula is C17H26O3. The minimum absolute atomic E-state index is 0.0424. The first-order valence-electron chi connectivity index (χ1n) is 7.32. The maximum Gasteiger partial charge on any atom is 0.305 e. The zero-order valence-corrected chi connectivity index (χ0v) is 13.0. The van der Waals surface area contributed by atoms with Crippen molar-refractivity contribution in [3.05, 3.63) is 34.9 Å². The van der Waals surface area contributed by atoms with Crippen molar-refractivity contribution in [2.45, 2.75) is 52.6 Å². The highest BCUT2D eigenvalue weighted by Gasteiger charge is 2.20. The maximum absolute atomic E-state index is 11.4. The van der Waals surface area contributed by atoms with Crippen molar-refractivity contribution >= 4 is 5.97 Å². The van der Waals surface area contributed by atoms with Gasteiger partial charge in [0.25, 0.3) is 0 Å². The summed E-state index contributed by atoms with van der Waals surface area (Å²) in [5.74, 6) is 0.507. The van der Waals surface area contributed by atoms with Gasteiger partial charge >= 0.3 is 5.97 Å². The molecule has 1 atom stereocenters. The SMILES string of the molecule is CCc1ccc(CO)c([C@@H](CCC(=O)OC)C(C)C)c1. The third-order valence-electron chi connectivity index (χ3n) is 3.88. The lowest BCUT2D eigenvalue weighted by Crippen LogP contribution is -2.13. The highest BCUT2D eigenvalue weighted by atomic mass is 16.5. The van der Waals surface area contributed by atoms with Gasteiger partial charge in [0, 0.05) is 6.42 Å². The number of aliphatic hydroxyl groups is 1. The fourth-order valence-electron chi connectivity index (χ4n) is 2.58. The molecule has 3 nitrogen and oxygen atoms in total. The van der Waals surface area contributed by atoms with E-state index in [1.807, 2.05) is 6.07 Å². The Morgan fingerprint density at radius 1 is 1.35 bits per heavy atom. The summed E-state index contributed by atoms with van der Waals surface area (Å²) in [7, 11) is 1.42. The zero-order valence-electron chi connectivity index (χ0n) is 13.0. The molecule has 0 aliphatic heterocycles. The third-order valence-corrected chi connectivity index (χ3v) is 3.88. The monoisotopic (exact) mass is 278 g/mol. The second kappa shape index (κ2) is 8.05. The van der Waals surface area contributed by atoms with Crippen LogP contribution in [0.2, 0.25) is 0 Å². The summed E-state index contributed by atoms with van der Waals surface area (Å²) >= 11 is 0. The summed E-state index contributed by atoms with van der Waals surface area (Å²) in [5, 5.41) is 9.54. The standard InChI is InChI=1S/C17H26O3/c1-5-13-6-7-14(11-18)16(10-13)15(12(2)3)8-9-17(19)20-4/h6-7,10,12,15,18H,5,8-9,11H2,1-4H3/t15-/m0/s1. The summed E-state index contributed by atoms with van der Waals surface area (Å²) in [6, 6.07) is 6.24. The van der Waals surface area contributed by atoms with Gasteiger partial charge in [-0.3, -0.25) is 4.79 Å². The Labute approximate surface area is 122 Å². The van der Waals surface area contributed by atoms with Gasteiger partial charge in [-0.05, 0) is 41.4 Å². The van der Waals surface area contributed by atoms with Gasteiger partial charge in [0.1, 0.15) is 0 Å². The number of aliphatic hydroxyl groups excluding tert-OH is 1. The summed E-state index contributed by atoms with van der Waals surface area (Å²) in [5.41, 5.74) is 3.40. The van der Waals surface area contributed by atoms with Crippen LogP contribution < -0.4 is 0 Å². The summed E-state index contributed by atoms with van der Waals surface area (Å²) in [6.45, 7) is 6.47. The van der Waals surface area contributed by atoms with E-state index in [1.54, 1.807) is 0 Å². The predicted octanol–water partition coefficient (Wildman–Crippen LogP) is 3.43. The first-order chi connectivity index (χ1) is 9.53. The Hall–Kier alpha value is -1.35. The van der Waals surface area contributed by atoms with Crippen molar-refractivity contribution in [3.63, 3.8) is 0 Å². The molecular weight excluding hydrogens is 252 g/mol. The molecule has 1 aromatic rings. The summed E-state index contributed by atoms with van der Waals surface area (Å²) in [6.07, 6.45) is 2.14. The van der Waals surface area contributed by atoms with Gasteiger partial charge in [-0.1, -0.05) is 39.0 Å². The van der Waals surface area contributed by atoms with Crippen molar-refractivity contribution in [1.29, 1.82) is 0 Å². The van der Waals surface area contributed by atoms with Gasteiger partial charge in [-0.25, -0.2) is 0 Å². The highest BCUT2D eigenvalue weighted by Crippen LogP contribution is 2.32. The largest absolute Gasteiger partial charge is 0.469 e. The molecule has 20 heavy (non-hydrogen) atoms. The lowest BCUT2D eigenvalue weighted by molar-refractivity contribution is -0.140.